The minimum Gasteiger partial charge on any atom is -0.497 e. The Bertz CT molecular complexity index is 664. The number of ether oxygens (including phenoxy) is 1. The highest BCUT2D eigenvalue weighted by Gasteiger charge is 2.03. The number of aliphatic imine (C=N–C) groups is 1. The second kappa shape index (κ2) is 10.9. The van der Waals surface area contributed by atoms with Gasteiger partial charge in [0.2, 0.25) is 0 Å². The molecule has 130 valence electrons. The van der Waals surface area contributed by atoms with E-state index in [2.05, 4.69) is 15.6 Å². The zero-order valence-corrected chi connectivity index (χ0v) is 16.2. The van der Waals surface area contributed by atoms with E-state index >= 15 is 0 Å². The Morgan fingerprint density at radius 2 is 1.92 bits per heavy atom. The normalized spacial score (nSPS) is 10.7. The molecule has 0 aliphatic carbocycles. The molecule has 2 N–H and O–H groups in total. The molecule has 0 saturated carbocycles. The van der Waals surface area contributed by atoms with Gasteiger partial charge in [-0.2, -0.15) is 0 Å². The van der Waals surface area contributed by atoms with Gasteiger partial charge in [-0.3, -0.25) is 0 Å². The first-order valence-corrected chi connectivity index (χ1v) is 7.61. The Balaban J connectivity index is 0.00000288. The number of guanidine groups is 1. The number of benzene rings is 2. The van der Waals surface area contributed by atoms with Crippen LogP contribution in [0, 0.1) is 5.82 Å². The number of hydrogen-bond acceptors (Lipinski definition) is 2. The molecule has 0 atom stereocenters. The smallest absolute Gasteiger partial charge is 0.191 e. The summed E-state index contributed by atoms with van der Waals surface area (Å²) in [6.45, 7) is 3.63. The van der Waals surface area contributed by atoms with E-state index < -0.39 is 0 Å². The van der Waals surface area contributed by atoms with Crippen molar-refractivity contribution in [3.63, 3.8) is 0 Å². The van der Waals surface area contributed by atoms with Crippen molar-refractivity contribution >= 4 is 29.9 Å². The number of halogens is 2. The predicted octanol–water partition coefficient (Wildman–Crippen LogP) is 3.71. The lowest BCUT2D eigenvalue weighted by atomic mass is 10.2. The van der Waals surface area contributed by atoms with E-state index in [9.17, 15) is 4.39 Å². The molecule has 2 rings (SSSR count). The molecule has 2 aromatic rings. The van der Waals surface area contributed by atoms with Crippen LogP contribution in [0.25, 0.3) is 0 Å². The summed E-state index contributed by atoms with van der Waals surface area (Å²) in [6.07, 6.45) is 0. The third-order valence-corrected chi connectivity index (χ3v) is 3.30. The van der Waals surface area contributed by atoms with E-state index in [4.69, 9.17) is 4.74 Å². The standard InChI is InChI=1S/C18H22FN3O.HI/c1-3-20-18(22-13-15-8-4-5-10-17(15)19)21-12-14-7-6-9-16(11-14)23-2;/h4-11H,3,12-13H2,1-2H3,(H2,20,21,22);1H. The largest absolute Gasteiger partial charge is 0.497 e. The molecule has 0 spiro atoms. The van der Waals surface area contributed by atoms with E-state index in [1.54, 1.807) is 19.2 Å². The first kappa shape index (κ1) is 20.2. The van der Waals surface area contributed by atoms with Crippen molar-refractivity contribution < 1.29 is 9.13 Å². The van der Waals surface area contributed by atoms with Gasteiger partial charge in [0.15, 0.2) is 5.96 Å². The molecule has 0 aliphatic heterocycles. The highest BCUT2D eigenvalue weighted by atomic mass is 127. The maximum Gasteiger partial charge on any atom is 0.191 e. The van der Waals surface area contributed by atoms with Crippen LogP contribution in [0.3, 0.4) is 0 Å². The summed E-state index contributed by atoms with van der Waals surface area (Å²) in [4.78, 5) is 4.52. The van der Waals surface area contributed by atoms with Gasteiger partial charge in [-0.25, -0.2) is 9.38 Å². The maximum absolute atomic E-state index is 13.6. The molecule has 4 nitrogen and oxygen atoms in total. The summed E-state index contributed by atoms with van der Waals surface area (Å²) in [5.74, 6) is 1.24. The third kappa shape index (κ3) is 6.35. The lowest BCUT2D eigenvalue weighted by molar-refractivity contribution is 0.414. The van der Waals surface area contributed by atoms with Crippen molar-refractivity contribution in [3.8, 4) is 5.75 Å². The summed E-state index contributed by atoms with van der Waals surface area (Å²) in [5, 5.41) is 6.30. The average Bonchev–Trinajstić information content (AvgIpc) is 2.59. The molecule has 0 fully saturated rings. The Hall–Kier alpha value is -1.83. The van der Waals surface area contributed by atoms with Crippen LogP contribution in [0.5, 0.6) is 5.75 Å². The summed E-state index contributed by atoms with van der Waals surface area (Å²) in [6, 6.07) is 14.5. The first-order chi connectivity index (χ1) is 11.2. The Kier molecular flexibility index (Phi) is 9.14. The van der Waals surface area contributed by atoms with Gasteiger partial charge in [-0.15, -0.1) is 24.0 Å². The highest BCUT2D eigenvalue weighted by Crippen LogP contribution is 2.13. The lowest BCUT2D eigenvalue weighted by Gasteiger charge is -2.12. The molecule has 2 aromatic carbocycles. The second-order valence-electron chi connectivity index (χ2n) is 4.99. The Morgan fingerprint density at radius 3 is 2.62 bits per heavy atom. The molecule has 0 radical (unpaired) electrons. The van der Waals surface area contributed by atoms with Gasteiger partial charge in [0.25, 0.3) is 0 Å². The van der Waals surface area contributed by atoms with E-state index in [0.29, 0.717) is 24.6 Å². The van der Waals surface area contributed by atoms with Crippen molar-refractivity contribution in [2.75, 3.05) is 13.7 Å². The van der Waals surface area contributed by atoms with Crippen LogP contribution >= 0.6 is 24.0 Å². The molecule has 0 amide bonds. The highest BCUT2D eigenvalue weighted by molar-refractivity contribution is 14.0. The van der Waals surface area contributed by atoms with E-state index in [1.807, 2.05) is 37.3 Å². The van der Waals surface area contributed by atoms with Crippen LogP contribution in [0.1, 0.15) is 18.1 Å². The summed E-state index contributed by atoms with van der Waals surface area (Å²) >= 11 is 0. The number of hydrogen-bond donors (Lipinski definition) is 2. The van der Waals surface area contributed by atoms with Crippen LogP contribution in [0.4, 0.5) is 4.39 Å². The quantitative estimate of drug-likeness (QED) is 0.407. The second-order valence-corrected chi connectivity index (χ2v) is 4.99. The zero-order valence-electron chi connectivity index (χ0n) is 13.9. The monoisotopic (exact) mass is 443 g/mol. The summed E-state index contributed by atoms with van der Waals surface area (Å²) in [5.41, 5.74) is 1.66. The van der Waals surface area contributed by atoms with E-state index in [0.717, 1.165) is 17.9 Å². The van der Waals surface area contributed by atoms with Gasteiger partial charge in [0.05, 0.1) is 13.7 Å². The molecule has 0 aromatic heterocycles. The molecular formula is C18H23FIN3O. The SMILES string of the molecule is CCNC(=NCc1cccc(OC)c1)NCc1ccccc1F.I. The topological polar surface area (TPSA) is 45.7 Å². The fraction of sp³-hybridized carbons (Fsp3) is 0.278. The van der Waals surface area contributed by atoms with Crippen LogP contribution in [0.2, 0.25) is 0 Å². The number of methoxy groups -OCH3 is 1. The minimum atomic E-state index is -0.219. The van der Waals surface area contributed by atoms with Gasteiger partial charge >= 0.3 is 0 Å². The Labute approximate surface area is 159 Å². The molecular weight excluding hydrogens is 420 g/mol. The number of nitrogens with zero attached hydrogens (tertiary/aromatic N) is 1. The average molecular weight is 443 g/mol. The molecule has 24 heavy (non-hydrogen) atoms. The lowest BCUT2D eigenvalue weighted by Crippen LogP contribution is -2.37. The van der Waals surface area contributed by atoms with Crippen molar-refractivity contribution in [1.29, 1.82) is 0 Å². The van der Waals surface area contributed by atoms with Gasteiger partial charge in [-0.05, 0) is 30.7 Å². The van der Waals surface area contributed by atoms with Gasteiger partial charge in [-0.1, -0.05) is 30.3 Å². The van der Waals surface area contributed by atoms with Crippen LogP contribution in [-0.2, 0) is 13.1 Å². The van der Waals surface area contributed by atoms with Crippen molar-refractivity contribution in [3.05, 3.63) is 65.5 Å². The van der Waals surface area contributed by atoms with Crippen LogP contribution < -0.4 is 15.4 Å². The van der Waals surface area contributed by atoms with Crippen molar-refractivity contribution in [1.82, 2.24) is 10.6 Å². The summed E-state index contributed by atoms with van der Waals surface area (Å²) in [7, 11) is 1.64. The fourth-order valence-corrected chi connectivity index (χ4v) is 2.10. The van der Waals surface area contributed by atoms with E-state index in [1.165, 1.54) is 6.07 Å². The third-order valence-electron chi connectivity index (χ3n) is 3.30. The fourth-order valence-electron chi connectivity index (χ4n) is 2.10. The molecule has 0 saturated heterocycles. The zero-order chi connectivity index (χ0) is 16.5. The molecule has 0 heterocycles. The maximum atomic E-state index is 13.6. The number of nitrogens with one attached hydrogen (secondary N) is 2. The summed E-state index contributed by atoms with van der Waals surface area (Å²) < 4.78 is 18.9. The van der Waals surface area contributed by atoms with E-state index in [-0.39, 0.29) is 29.8 Å². The van der Waals surface area contributed by atoms with Gasteiger partial charge < -0.3 is 15.4 Å². The predicted molar refractivity (Wildman–Crippen MR) is 106 cm³/mol. The minimum absolute atomic E-state index is 0. The van der Waals surface area contributed by atoms with Gasteiger partial charge in [0.1, 0.15) is 11.6 Å². The number of rotatable bonds is 6. The first-order valence-electron chi connectivity index (χ1n) is 7.61. The Morgan fingerprint density at radius 1 is 1.12 bits per heavy atom. The molecule has 6 heteroatoms. The molecule has 0 aliphatic rings. The molecule has 0 unspecified atom stereocenters. The van der Waals surface area contributed by atoms with Crippen LogP contribution in [-0.4, -0.2) is 19.6 Å². The van der Waals surface area contributed by atoms with Crippen LogP contribution in [0.15, 0.2) is 53.5 Å². The van der Waals surface area contributed by atoms with Gasteiger partial charge in [0, 0.05) is 18.7 Å². The van der Waals surface area contributed by atoms with Crippen molar-refractivity contribution in [2.24, 2.45) is 4.99 Å². The van der Waals surface area contributed by atoms with Crippen molar-refractivity contribution in [2.45, 2.75) is 20.0 Å². The molecule has 0 bridgehead atoms.